The second-order valence-corrected chi connectivity index (χ2v) is 10.8. The van der Waals surface area contributed by atoms with Crippen molar-refractivity contribution in [3.63, 3.8) is 0 Å². The van der Waals surface area contributed by atoms with E-state index in [4.69, 9.17) is 4.42 Å². The van der Waals surface area contributed by atoms with E-state index in [0.717, 1.165) is 49.2 Å². The first-order chi connectivity index (χ1) is 16.4. The minimum atomic E-state index is -0.454. The van der Waals surface area contributed by atoms with E-state index in [9.17, 15) is 9.59 Å². The van der Waals surface area contributed by atoms with Crippen LogP contribution in [-0.4, -0.2) is 24.3 Å². The van der Waals surface area contributed by atoms with Crippen molar-refractivity contribution in [3.8, 4) is 0 Å². The molecule has 2 N–H and O–H groups in total. The van der Waals surface area contributed by atoms with Crippen LogP contribution in [0, 0.1) is 5.41 Å². The van der Waals surface area contributed by atoms with Crippen LogP contribution in [0.25, 0.3) is 0 Å². The number of amides is 1. The number of hydrogen-bond donors (Lipinski definition) is 2. The SMILES string of the molecule is CC1(C)CC(=O)C2=C(C1)Nc1ccccc1N(CC(=O)NC1CCCCCC1)C2c1ccco1. The Labute approximate surface area is 201 Å². The fourth-order valence-electron chi connectivity index (χ4n) is 5.82. The maximum atomic E-state index is 13.6. The second kappa shape index (κ2) is 9.32. The van der Waals surface area contributed by atoms with Crippen LogP contribution in [0.3, 0.4) is 0 Å². The molecule has 3 aliphatic rings. The van der Waals surface area contributed by atoms with Crippen LogP contribution in [-0.2, 0) is 9.59 Å². The number of fused-ring (bicyclic) bond motifs is 1. The van der Waals surface area contributed by atoms with Gasteiger partial charge in [0.15, 0.2) is 5.78 Å². The standard InChI is InChI=1S/C28H35N3O3/c1-28(2)16-21-26(23(32)17-28)27(24-14-9-15-34-24)31(22-13-8-7-12-20(22)30-21)18-25(33)29-19-10-5-3-4-6-11-19/h7-9,12-15,19,27,30H,3-6,10-11,16-18H2,1-2H3,(H,29,33). The van der Waals surface area contributed by atoms with Crippen LogP contribution in [0.5, 0.6) is 0 Å². The zero-order chi connectivity index (χ0) is 23.7. The monoisotopic (exact) mass is 461 g/mol. The molecular formula is C28H35N3O3. The number of para-hydroxylation sites is 2. The summed E-state index contributed by atoms with van der Waals surface area (Å²) in [5, 5.41) is 6.86. The summed E-state index contributed by atoms with van der Waals surface area (Å²) >= 11 is 0. The molecule has 34 heavy (non-hydrogen) atoms. The summed E-state index contributed by atoms with van der Waals surface area (Å²) in [7, 11) is 0. The number of carbonyl (C=O) groups excluding carboxylic acids is 2. The number of benzene rings is 1. The highest BCUT2D eigenvalue weighted by molar-refractivity contribution is 6.01. The number of ketones is 1. The van der Waals surface area contributed by atoms with Crippen LogP contribution in [0.15, 0.2) is 58.3 Å². The molecule has 1 atom stereocenters. The third-order valence-electron chi connectivity index (χ3n) is 7.35. The van der Waals surface area contributed by atoms with E-state index in [1.807, 2.05) is 41.3 Å². The first-order valence-corrected chi connectivity index (χ1v) is 12.6. The van der Waals surface area contributed by atoms with Gasteiger partial charge in [-0.05, 0) is 48.9 Å². The van der Waals surface area contributed by atoms with Crippen LogP contribution >= 0.6 is 0 Å². The van der Waals surface area contributed by atoms with Crippen molar-refractivity contribution in [1.29, 1.82) is 0 Å². The number of nitrogens with zero attached hydrogens (tertiary/aromatic N) is 1. The van der Waals surface area contributed by atoms with Crippen molar-refractivity contribution in [2.24, 2.45) is 5.41 Å². The molecule has 1 amide bonds. The first kappa shape index (κ1) is 22.8. The average Bonchev–Trinajstić information content (AvgIpc) is 3.13. The molecule has 0 bridgehead atoms. The first-order valence-electron chi connectivity index (χ1n) is 12.6. The maximum Gasteiger partial charge on any atom is 0.239 e. The van der Waals surface area contributed by atoms with Gasteiger partial charge < -0.3 is 20.0 Å². The molecule has 180 valence electrons. The van der Waals surface area contributed by atoms with Gasteiger partial charge in [-0.1, -0.05) is 51.7 Å². The Balaban J connectivity index is 1.55. The van der Waals surface area contributed by atoms with Gasteiger partial charge >= 0.3 is 0 Å². The van der Waals surface area contributed by atoms with Crippen molar-refractivity contribution in [1.82, 2.24) is 5.32 Å². The Hall–Kier alpha value is -3.02. The minimum Gasteiger partial charge on any atom is -0.467 e. The largest absolute Gasteiger partial charge is 0.467 e. The molecule has 5 rings (SSSR count). The second-order valence-electron chi connectivity index (χ2n) is 10.8. The van der Waals surface area contributed by atoms with E-state index < -0.39 is 6.04 Å². The molecule has 6 heteroatoms. The Bertz CT molecular complexity index is 1080. The van der Waals surface area contributed by atoms with Gasteiger partial charge in [-0.25, -0.2) is 0 Å². The van der Waals surface area contributed by atoms with Gasteiger partial charge in [0.1, 0.15) is 11.8 Å². The van der Waals surface area contributed by atoms with Crippen molar-refractivity contribution in [3.05, 3.63) is 59.7 Å². The van der Waals surface area contributed by atoms with Crippen LogP contribution in [0.4, 0.5) is 11.4 Å². The molecule has 1 aromatic carbocycles. The lowest BCUT2D eigenvalue weighted by Crippen LogP contribution is -2.44. The van der Waals surface area contributed by atoms with E-state index in [1.54, 1.807) is 6.26 Å². The lowest BCUT2D eigenvalue weighted by molar-refractivity contribution is -0.121. The van der Waals surface area contributed by atoms with E-state index in [-0.39, 0.29) is 29.7 Å². The summed E-state index contributed by atoms with van der Waals surface area (Å²) in [5.74, 6) is 0.786. The third kappa shape index (κ3) is 4.63. The normalized spacial score (nSPS) is 22.8. The predicted octanol–water partition coefficient (Wildman–Crippen LogP) is 5.74. The van der Waals surface area contributed by atoms with Crippen molar-refractivity contribution in [2.45, 2.75) is 77.3 Å². The minimum absolute atomic E-state index is 0.00843. The number of anilines is 2. The Morgan fingerprint density at radius 1 is 1.09 bits per heavy atom. The summed E-state index contributed by atoms with van der Waals surface area (Å²) in [6, 6.07) is 11.5. The molecule has 2 heterocycles. The van der Waals surface area contributed by atoms with Crippen molar-refractivity contribution in [2.75, 3.05) is 16.8 Å². The van der Waals surface area contributed by atoms with Crippen molar-refractivity contribution < 1.29 is 14.0 Å². The van der Waals surface area contributed by atoms with E-state index in [1.165, 1.54) is 12.8 Å². The van der Waals surface area contributed by atoms with Crippen LogP contribution in [0.2, 0.25) is 0 Å². The van der Waals surface area contributed by atoms with Crippen LogP contribution in [0.1, 0.15) is 77.0 Å². The van der Waals surface area contributed by atoms with Gasteiger partial charge in [0.25, 0.3) is 0 Å². The molecule has 1 unspecified atom stereocenters. The lowest BCUT2D eigenvalue weighted by Gasteiger charge is -2.36. The molecule has 6 nitrogen and oxygen atoms in total. The van der Waals surface area contributed by atoms with Gasteiger partial charge in [-0.3, -0.25) is 9.59 Å². The van der Waals surface area contributed by atoms with Gasteiger partial charge in [0.05, 0.1) is 24.2 Å². The third-order valence-corrected chi connectivity index (χ3v) is 7.35. The fourth-order valence-corrected chi connectivity index (χ4v) is 5.82. The molecule has 1 aromatic heterocycles. The predicted molar refractivity (Wildman–Crippen MR) is 134 cm³/mol. The summed E-state index contributed by atoms with van der Waals surface area (Å²) in [5.41, 5.74) is 3.34. The van der Waals surface area contributed by atoms with E-state index >= 15 is 0 Å². The smallest absolute Gasteiger partial charge is 0.239 e. The summed E-state index contributed by atoms with van der Waals surface area (Å²) in [6.45, 7) is 4.42. The van der Waals surface area contributed by atoms with Gasteiger partial charge in [-0.2, -0.15) is 0 Å². The van der Waals surface area contributed by atoms with Gasteiger partial charge in [-0.15, -0.1) is 0 Å². The number of rotatable bonds is 4. The van der Waals surface area contributed by atoms with E-state index in [2.05, 4.69) is 24.5 Å². The number of nitrogens with one attached hydrogen (secondary N) is 2. The number of carbonyl (C=O) groups is 2. The Morgan fingerprint density at radius 2 is 1.85 bits per heavy atom. The van der Waals surface area contributed by atoms with Crippen LogP contribution < -0.4 is 15.5 Å². The molecule has 2 aromatic rings. The highest BCUT2D eigenvalue weighted by atomic mass is 16.3. The topological polar surface area (TPSA) is 74.6 Å². The Morgan fingerprint density at radius 3 is 2.59 bits per heavy atom. The summed E-state index contributed by atoms with van der Waals surface area (Å²) < 4.78 is 5.88. The molecule has 0 saturated heterocycles. The molecule has 1 fully saturated rings. The quantitative estimate of drug-likeness (QED) is 0.569. The highest BCUT2D eigenvalue weighted by Crippen LogP contribution is 2.48. The molecular weight excluding hydrogens is 426 g/mol. The summed E-state index contributed by atoms with van der Waals surface area (Å²) in [6.07, 6.45) is 9.77. The number of allylic oxidation sites excluding steroid dienone is 1. The number of furan rings is 1. The Kier molecular flexibility index (Phi) is 6.24. The average molecular weight is 462 g/mol. The maximum absolute atomic E-state index is 13.6. The molecule has 0 spiro atoms. The zero-order valence-corrected chi connectivity index (χ0v) is 20.2. The number of hydrogen-bond acceptors (Lipinski definition) is 5. The van der Waals surface area contributed by atoms with Gasteiger partial charge in [0.2, 0.25) is 5.91 Å². The van der Waals surface area contributed by atoms with E-state index in [0.29, 0.717) is 17.8 Å². The van der Waals surface area contributed by atoms with Crippen molar-refractivity contribution >= 4 is 23.1 Å². The fraction of sp³-hybridized carbons (Fsp3) is 0.500. The zero-order valence-electron chi connectivity index (χ0n) is 20.2. The molecule has 2 aliphatic carbocycles. The highest BCUT2D eigenvalue weighted by Gasteiger charge is 2.43. The molecule has 1 saturated carbocycles. The summed E-state index contributed by atoms with van der Waals surface area (Å²) in [4.78, 5) is 29.0. The molecule has 0 radical (unpaired) electrons. The number of Topliss-reactive ketones (excluding diaryl/α,β-unsaturated/α-hetero) is 1. The molecule has 1 aliphatic heterocycles. The lowest BCUT2D eigenvalue weighted by atomic mass is 9.74. The van der Waals surface area contributed by atoms with Gasteiger partial charge in [0, 0.05) is 23.7 Å².